The summed E-state index contributed by atoms with van der Waals surface area (Å²) in [4.78, 5) is 17.4. The molecule has 40 heavy (non-hydrogen) atoms. The molecule has 0 unspecified atom stereocenters. The Bertz CT molecular complexity index is 1860. The minimum absolute atomic E-state index is 0.282. The molecule has 1 aliphatic carbocycles. The van der Waals surface area contributed by atoms with Crippen molar-refractivity contribution in [3.05, 3.63) is 91.3 Å². The Morgan fingerprint density at radius 1 is 0.925 bits per heavy atom. The molecule has 4 heterocycles. The number of benzene rings is 2. The number of nitrogens with one attached hydrogen (secondary N) is 3. The summed E-state index contributed by atoms with van der Waals surface area (Å²) in [5.41, 5.74) is 8.37. The lowest BCUT2D eigenvalue weighted by Crippen LogP contribution is -2.14. The zero-order valence-electron chi connectivity index (χ0n) is 21.9. The number of aromatic amines is 2. The van der Waals surface area contributed by atoms with Crippen molar-refractivity contribution in [3.8, 4) is 33.9 Å². The summed E-state index contributed by atoms with van der Waals surface area (Å²) in [6.07, 6.45) is 11.6. The number of hydrogen-bond acceptors (Lipinski definition) is 5. The van der Waals surface area contributed by atoms with Gasteiger partial charge in [0.1, 0.15) is 11.5 Å². The topological polar surface area (TPSA) is 95.2 Å². The minimum Gasteiger partial charge on any atom is -0.358 e. The van der Waals surface area contributed by atoms with E-state index in [-0.39, 0.29) is 5.82 Å². The maximum absolute atomic E-state index is 13.9. The molecule has 0 bridgehead atoms. The maximum Gasteiger partial charge on any atom is 0.159 e. The molecular formula is C32H28FN7. The van der Waals surface area contributed by atoms with E-state index in [1.165, 1.54) is 44.2 Å². The van der Waals surface area contributed by atoms with Gasteiger partial charge in [-0.2, -0.15) is 5.10 Å². The maximum atomic E-state index is 13.9. The van der Waals surface area contributed by atoms with Gasteiger partial charge in [0.15, 0.2) is 5.82 Å². The highest BCUT2D eigenvalue weighted by Crippen LogP contribution is 2.34. The molecule has 3 N–H and O–H groups in total. The Labute approximate surface area is 230 Å². The molecule has 1 aliphatic rings. The fourth-order valence-electron chi connectivity index (χ4n) is 5.68. The molecule has 7 rings (SSSR count). The van der Waals surface area contributed by atoms with Crippen LogP contribution >= 0.6 is 0 Å². The third-order valence-corrected chi connectivity index (χ3v) is 7.76. The van der Waals surface area contributed by atoms with Crippen molar-refractivity contribution >= 4 is 27.6 Å². The first-order chi connectivity index (χ1) is 19.6. The second-order valence-electron chi connectivity index (χ2n) is 10.4. The molecule has 7 nitrogen and oxygen atoms in total. The number of allylic oxidation sites excluding steroid dienone is 1. The molecule has 4 aromatic heterocycles. The molecule has 1 saturated carbocycles. The summed E-state index contributed by atoms with van der Waals surface area (Å²) in [6.45, 7) is 4.31. The lowest BCUT2D eigenvalue weighted by Gasteiger charge is -2.24. The van der Waals surface area contributed by atoms with E-state index in [0.717, 1.165) is 55.7 Å². The van der Waals surface area contributed by atoms with Gasteiger partial charge in [0.05, 0.1) is 40.3 Å². The zero-order chi connectivity index (χ0) is 27.1. The number of nitrogens with zero attached hydrogens (tertiary/aromatic N) is 4. The highest BCUT2D eigenvalue weighted by atomic mass is 19.1. The first kappa shape index (κ1) is 24.2. The largest absolute Gasteiger partial charge is 0.358 e. The summed E-state index contributed by atoms with van der Waals surface area (Å²) in [7, 11) is 0. The van der Waals surface area contributed by atoms with Crippen LogP contribution in [0.1, 0.15) is 32.1 Å². The predicted octanol–water partition coefficient (Wildman–Crippen LogP) is 7.88. The molecule has 198 valence electrons. The van der Waals surface area contributed by atoms with E-state index in [4.69, 9.17) is 4.98 Å². The second-order valence-corrected chi connectivity index (χ2v) is 10.4. The van der Waals surface area contributed by atoms with Crippen LogP contribution in [0.5, 0.6) is 0 Å². The van der Waals surface area contributed by atoms with Crippen molar-refractivity contribution in [1.82, 2.24) is 30.1 Å². The second kappa shape index (κ2) is 10.0. The predicted molar refractivity (Wildman–Crippen MR) is 157 cm³/mol. The van der Waals surface area contributed by atoms with Crippen LogP contribution in [0.2, 0.25) is 0 Å². The number of hydrogen-bond donors (Lipinski definition) is 3. The van der Waals surface area contributed by atoms with Crippen molar-refractivity contribution in [1.29, 1.82) is 0 Å². The van der Waals surface area contributed by atoms with E-state index < -0.39 is 0 Å². The molecule has 8 heteroatoms. The third-order valence-electron chi connectivity index (χ3n) is 7.76. The Hall–Kier alpha value is -4.85. The number of para-hydroxylation sites is 1. The fraction of sp³-hybridized carbons (Fsp3) is 0.188. The van der Waals surface area contributed by atoms with E-state index in [1.54, 1.807) is 12.3 Å². The normalized spacial score (nSPS) is 14.1. The summed E-state index contributed by atoms with van der Waals surface area (Å²) in [5.74, 6) is 0.848. The SMILES string of the molecule is C=C(Nc1cncc(-c2cc3c(-c4nc5c(-c6cccc(F)c6)cccc5[nH]4)n[nH]c3cn2)c1)C1CCCCC1. The van der Waals surface area contributed by atoms with E-state index in [2.05, 4.69) is 43.1 Å². The minimum atomic E-state index is -0.282. The summed E-state index contributed by atoms with van der Waals surface area (Å²) in [5, 5.41) is 12.0. The van der Waals surface area contributed by atoms with Crippen LogP contribution in [0.25, 0.3) is 55.8 Å². The Kier molecular flexibility index (Phi) is 6.07. The molecule has 0 aliphatic heterocycles. The van der Waals surface area contributed by atoms with Crippen LogP contribution < -0.4 is 5.32 Å². The summed E-state index contributed by atoms with van der Waals surface area (Å²) < 4.78 is 13.9. The molecular weight excluding hydrogens is 501 g/mol. The number of halogens is 1. The van der Waals surface area contributed by atoms with E-state index in [1.807, 2.05) is 42.7 Å². The van der Waals surface area contributed by atoms with Gasteiger partial charge in [-0.25, -0.2) is 9.37 Å². The van der Waals surface area contributed by atoms with Gasteiger partial charge in [-0.05, 0) is 54.7 Å². The molecule has 0 spiro atoms. The average Bonchev–Trinajstić information content (AvgIpc) is 3.61. The van der Waals surface area contributed by atoms with Gasteiger partial charge in [0.2, 0.25) is 0 Å². The molecule has 0 atom stereocenters. The first-order valence-corrected chi connectivity index (χ1v) is 13.6. The van der Waals surface area contributed by atoms with Gasteiger partial charge in [-0.3, -0.25) is 15.1 Å². The quantitative estimate of drug-likeness (QED) is 0.204. The van der Waals surface area contributed by atoms with E-state index >= 15 is 0 Å². The molecule has 6 aromatic rings. The smallest absolute Gasteiger partial charge is 0.159 e. The fourth-order valence-corrected chi connectivity index (χ4v) is 5.68. The van der Waals surface area contributed by atoms with Gasteiger partial charge < -0.3 is 10.3 Å². The number of fused-ring (bicyclic) bond motifs is 2. The highest BCUT2D eigenvalue weighted by molar-refractivity contribution is 5.97. The monoisotopic (exact) mass is 529 g/mol. The number of anilines is 1. The first-order valence-electron chi connectivity index (χ1n) is 13.6. The van der Waals surface area contributed by atoms with Gasteiger partial charge >= 0.3 is 0 Å². The standard InChI is InChI=1S/C32H28FN7/c1-19(20-7-3-2-4-8-20)36-24-14-22(16-34-17-24)28-15-26-29(18-35-28)39-40-31(26)32-37-27-12-6-11-25(30(27)38-32)21-9-5-10-23(33)13-21/h5-6,9-18,20,36H,1-4,7-8H2,(H,37,38)(H,39,40). The van der Waals surface area contributed by atoms with Gasteiger partial charge in [0.25, 0.3) is 0 Å². The van der Waals surface area contributed by atoms with Crippen LogP contribution in [0, 0.1) is 11.7 Å². The van der Waals surface area contributed by atoms with Crippen molar-refractivity contribution in [3.63, 3.8) is 0 Å². The van der Waals surface area contributed by atoms with Gasteiger partial charge in [-0.15, -0.1) is 0 Å². The third kappa shape index (κ3) is 4.51. The van der Waals surface area contributed by atoms with E-state index in [0.29, 0.717) is 17.4 Å². The number of aromatic nitrogens is 6. The molecule has 2 aromatic carbocycles. The lowest BCUT2D eigenvalue weighted by atomic mass is 9.87. The average molecular weight is 530 g/mol. The zero-order valence-corrected chi connectivity index (χ0v) is 21.9. The number of pyridine rings is 2. The molecule has 0 radical (unpaired) electrons. The van der Waals surface area contributed by atoms with Crippen LogP contribution in [-0.4, -0.2) is 30.1 Å². The lowest BCUT2D eigenvalue weighted by molar-refractivity contribution is 0.405. The van der Waals surface area contributed by atoms with Gasteiger partial charge in [0, 0.05) is 28.4 Å². The van der Waals surface area contributed by atoms with Crippen molar-refractivity contribution in [2.45, 2.75) is 32.1 Å². The number of H-pyrrole nitrogens is 2. The molecule has 0 amide bonds. The van der Waals surface area contributed by atoms with Crippen LogP contribution in [-0.2, 0) is 0 Å². The van der Waals surface area contributed by atoms with Crippen LogP contribution in [0.4, 0.5) is 10.1 Å². The van der Waals surface area contributed by atoms with Crippen LogP contribution in [0.3, 0.4) is 0 Å². The summed E-state index contributed by atoms with van der Waals surface area (Å²) in [6, 6.07) is 16.5. The summed E-state index contributed by atoms with van der Waals surface area (Å²) >= 11 is 0. The highest BCUT2D eigenvalue weighted by Gasteiger charge is 2.18. The van der Waals surface area contributed by atoms with Crippen molar-refractivity contribution in [2.24, 2.45) is 5.92 Å². The van der Waals surface area contributed by atoms with Crippen LogP contribution in [0.15, 0.2) is 85.5 Å². The van der Waals surface area contributed by atoms with Crippen molar-refractivity contribution < 1.29 is 4.39 Å². The molecule has 1 fully saturated rings. The Balaban J connectivity index is 1.23. The number of rotatable bonds is 6. The van der Waals surface area contributed by atoms with E-state index in [9.17, 15) is 4.39 Å². The number of imidazole rings is 1. The van der Waals surface area contributed by atoms with Gasteiger partial charge in [-0.1, -0.05) is 50.1 Å². The Morgan fingerprint density at radius 3 is 2.67 bits per heavy atom. The molecule has 0 saturated heterocycles. The van der Waals surface area contributed by atoms with Crippen molar-refractivity contribution in [2.75, 3.05) is 5.32 Å². The Morgan fingerprint density at radius 2 is 1.80 bits per heavy atom.